The van der Waals surface area contributed by atoms with Crippen molar-refractivity contribution in [2.45, 2.75) is 51.4 Å². The average molecular weight is 375 g/mol. The lowest BCUT2D eigenvalue weighted by Crippen LogP contribution is -2.61. The summed E-state index contributed by atoms with van der Waals surface area (Å²) in [6.07, 6.45) is 0.689. The molecule has 0 aromatic heterocycles. The Labute approximate surface area is 160 Å². The molecule has 2 heterocycles. The minimum absolute atomic E-state index is 0.00688. The second-order valence-electron chi connectivity index (χ2n) is 7.59. The van der Waals surface area contributed by atoms with Crippen molar-refractivity contribution in [2.24, 2.45) is 0 Å². The number of carbonyl (C=O) groups excluding carboxylic acids is 1. The van der Waals surface area contributed by atoms with E-state index in [1.165, 1.54) is 4.90 Å². The number of carbonyl (C=O) groups is 2. The third-order valence-corrected chi connectivity index (χ3v) is 5.68. The van der Waals surface area contributed by atoms with E-state index in [4.69, 9.17) is 4.74 Å². The molecule has 1 N–H and O–H groups in total. The van der Waals surface area contributed by atoms with Gasteiger partial charge in [0, 0.05) is 44.3 Å². The van der Waals surface area contributed by atoms with Gasteiger partial charge in [-0.2, -0.15) is 0 Å². The molecule has 27 heavy (non-hydrogen) atoms. The van der Waals surface area contributed by atoms with Gasteiger partial charge in [-0.1, -0.05) is 30.3 Å². The van der Waals surface area contributed by atoms with Crippen LogP contribution in [0.3, 0.4) is 0 Å². The first-order chi connectivity index (χ1) is 13.0. The molecule has 2 aliphatic heterocycles. The van der Waals surface area contributed by atoms with Crippen LogP contribution in [0.25, 0.3) is 0 Å². The van der Waals surface area contributed by atoms with Crippen LogP contribution in [0.2, 0.25) is 0 Å². The monoisotopic (exact) mass is 375 g/mol. The molecule has 2 atom stereocenters. The lowest BCUT2D eigenvalue weighted by molar-refractivity contribution is -0.000163. The van der Waals surface area contributed by atoms with Gasteiger partial charge in [0.1, 0.15) is 6.61 Å². The molecule has 7 heteroatoms. The smallest absolute Gasteiger partial charge is 0.410 e. The molecule has 0 unspecified atom stereocenters. The Kier molecular flexibility index (Phi) is 6.21. The van der Waals surface area contributed by atoms with Gasteiger partial charge >= 0.3 is 12.2 Å². The molecule has 0 aliphatic carbocycles. The van der Waals surface area contributed by atoms with Crippen molar-refractivity contribution in [3.63, 3.8) is 0 Å². The maximum atomic E-state index is 12.3. The van der Waals surface area contributed by atoms with E-state index in [1.54, 1.807) is 4.90 Å². The predicted molar refractivity (Wildman–Crippen MR) is 102 cm³/mol. The number of hydrogen-bond acceptors (Lipinski definition) is 4. The third kappa shape index (κ3) is 4.71. The quantitative estimate of drug-likeness (QED) is 0.879. The zero-order chi connectivity index (χ0) is 19.4. The van der Waals surface area contributed by atoms with E-state index in [0.29, 0.717) is 32.3 Å². The van der Waals surface area contributed by atoms with Crippen LogP contribution in [0.5, 0.6) is 0 Å². The van der Waals surface area contributed by atoms with Crippen molar-refractivity contribution in [3.05, 3.63) is 35.9 Å². The number of piperazine rings is 1. The first-order valence-corrected chi connectivity index (χ1v) is 9.66. The number of ether oxygens (including phenoxy) is 1. The number of hydrogen-bond donors (Lipinski definition) is 1. The van der Waals surface area contributed by atoms with Crippen LogP contribution in [-0.2, 0) is 11.3 Å². The Morgan fingerprint density at radius 1 is 1.07 bits per heavy atom. The van der Waals surface area contributed by atoms with Crippen LogP contribution in [0.4, 0.5) is 9.59 Å². The number of rotatable bonds is 3. The fraction of sp³-hybridized carbons (Fsp3) is 0.600. The van der Waals surface area contributed by atoms with Gasteiger partial charge in [-0.3, -0.25) is 4.90 Å². The molecule has 2 amide bonds. The maximum Gasteiger partial charge on any atom is 0.410 e. The molecule has 3 rings (SSSR count). The van der Waals surface area contributed by atoms with Crippen molar-refractivity contribution in [1.29, 1.82) is 0 Å². The van der Waals surface area contributed by atoms with Crippen LogP contribution in [0, 0.1) is 0 Å². The van der Waals surface area contributed by atoms with E-state index in [2.05, 4.69) is 11.8 Å². The zero-order valence-corrected chi connectivity index (χ0v) is 16.1. The summed E-state index contributed by atoms with van der Waals surface area (Å²) < 4.78 is 5.43. The first kappa shape index (κ1) is 19.5. The number of piperidine rings is 1. The van der Waals surface area contributed by atoms with E-state index in [1.807, 2.05) is 37.3 Å². The summed E-state index contributed by atoms with van der Waals surface area (Å²) in [6, 6.07) is 10.3. The van der Waals surface area contributed by atoms with Crippen molar-refractivity contribution < 1.29 is 19.4 Å². The largest absolute Gasteiger partial charge is 0.465 e. The topological polar surface area (TPSA) is 73.3 Å². The molecule has 2 fully saturated rings. The van der Waals surface area contributed by atoms with E-state index >= 15 is 0 Å². The van der Waals surface area contributed by atoms with E-state index in [0.717, 1.165) is 24.9 Å². The zero-order valence-electron chi connectivity index (χ0n) is 16.1. The number of amides is 2. The fourth-order valence-electron chi connectivity index (χ4n) is 4.12. The first-order valence-electron chi connectivity index (χ1n) is 9.66. The Morgan fingerprint density at radius 2 is 1.74 bits per heavy atom. The summed E-state index contributed by atoms with van der Waals surface area (Å²) in [5.41, 5.74) is 0.986. The van der Waals surface area contributed by atoms with Gasteiger partial charge in [-0.15, -0.1) is 0 Å². The second-order valence-corrected chi connectivity index (χ2v) is 7.59. The molecule has 0 saturated carbocycles. The maximum absolute atomic E-state index is 12.3. The number of likely N-dealkylation sites (tertiary alicyclic amines) is 1. The minimum atomic E-state index is -0.843. The highest BCUT2D eigenvalue weighted by molar-refractivity contribution is 5.67. The second kappa shape index (κ2) is 8.61. The highest BCUT2D eigenvalue weighted by atomic mass is 16.6. The lowest BCUT2D eigenvalue weighted by atomic mass is 9.98. The van der Waals surface area contributed by atoms with Gasteiger partial charge in [0.2, 0.25) is 0 Å². The lowest BCUT2D eigenvalue weighted by Gasteiger charge is -2.48. The molecule has 2 saturated heterocycles. The Balaban J connectivity index is 1.47. The molecular formula is C20H29N3O4. The molecule has 0 spiro atoms. The third-order valence-electron chi connectivity index (χ3n) is 5.68. The SMILES string of the molecule is C[C@@H]1CN(C2CCN(C(=O)OCc3ccccc3)CC2)[C@@H](C)CN1C(=O)O. The van der Waals surface area contributed by atoms with Crippen LogP contribution < -0.4 is 0 Å². The van der Waals surface area contributed by atoms with E-state index < -0.39 is 6.09 Å². The molecule has 0 bridgehead atoms. The van der Waals surface area contributed by atoms with Crippen LogP contribution in [-0.4, -0.2) is 76.3 Å². The van der Waals surface area contributed by atoms with Crippen molar-refractivity contribution in [3.8, 4) is 0 Å². The summed E-state index contributed by atoms with van der Waals surface area (Å²) >= 11 is 0. The number of nitrogens with zero attached hydrogens (tertiary/aromatic N) is 3. The van der Waals surface area contributed by atoms with Crippen LogP contribution >= 0.6 is 0 Å². The van der Waals surface area contributed by atoms with E-state index in [9.17, 15) is 14.7 Å². The fourth-order valence-corrected chi connectivity index (χ4v) is 4.12. The van der Waals surface area contributed by atoms with Crippen molar-refractivity contribution in [2.75, 3.05) is 26.2 Å². The van der Waals surface area contributed by atoms with Gasteiger partial charge in [0.05, 0.1) is 0 Å². The van der Waals surface area contributed by atoms with Gasteiger partial charge in [-0.25, -0.2) is 9.59 Å². The van der Waals surface area contributed by atoms with Gasteiger partial charge < -0.3 is 19.6 Å². The van der Waals surface area contributed by atoms with Gasteiger partial charge in [0.15, 0.2) is 0 Å². The highest BCUT2D eigenvalue weighted by Gasteiger charge is 2.37. The molecule has 2 aliphatic rings. The molecule has 7 nitrogen and oxygen atoms in total. The van der Waals surface area contributed by atoms with Gasteiger partial charge in [0.25, 0.3) is 0 Å². The Hall–Kier alpha value is -2.28. The molecule has 0 radical (unpaired) electrons. The van der Waals surface area contributed by atoms with Crippen LogP contribution in [0.15, 0.2) is 30.3 Å². The molecule has 148 valence electrons. The van der Waals surface area contributed by atoms with Crippen molar-refractivity contribution >= 4 is 12.2 Å². The van der Waals surface area contributed by atoms with Crippen molar-refractivity contribution in [1.82, 2.24) is 14.7 Å². The van der Waals surface area contributed by atoms with Gasteiger partial charge in [-0.05, 0) is 32.3 Å². The summed E-state index contributed by atoms with van der Waals surface area (Å²) in [5.74, 6) is 0. The summed E-state index contributed by atoms with van der Waals surface area (Å²) in [6.45, 7) is 6.99. The average Bonchev–Trinajstić information content (AvgIpc) is 2.68. The number of benzene rings is 1. The van der Waals surface area contributed by atoms with Crippen LogP contribution in [0.1, 0.15) is 32.3 Å². The Bertz CT molecular complexity index is 646. The summed E-state index contributed by atoms with van der Waals surface area (Å²) in [5, 5.41) is 9.30. The number of carboxylic acid groups (broad SMARTS) is 1. The highest BCUT2D eigenvalue weighted by Crippen LogP contribution is 2.24. The predicted octanol–water partition coefficient (Wildman–Crippen LogP) is 2.86. The summed E-state index contributed by atoms with van der Waals surface area (Å²) in [4.78, 5) is 29.3. The van der Waals surface area contributed by atoms with E-state index in [-0.39, 0.29) is 18.2 Å². The summed E-state index contributed by atoms with van der Waals surface area (Å²) in [7, 11) is 0. The molecular weight excluding hydrogens is 346 g/mol. The molecule has 1 aromatic carbocycles. The molecule has 1 aromatic rings. The Morgan fingerprint density at radius 3 is 2.37 bits per heavy atom. The normalized spacial score (nSPS) is 24.7. The standard InChI is InChI=1S/C20H29N3O4/c1-15-13-23(19(24)25)16(2)12-22(15)18-8-10-21(11-9-18)20(26)27-14-17-6-4-3-5-7-17/h3-7,15-16,18H,8-14H2,1-2H3,(H,24,25)/t15-,16+/m0/s1. The minimum Gasteiger partial charge on any atom is -0.465 e.